The minimum Gasteiger partial charge on any atom is -0.448 e. The van der Waals surface area contributed by atoms with Gasteiger partial charge in [-0.25, -0.2) is 15.0 Å². The molecule has 1 unspecified atom stereocenters. The van der Waals surface area contributed by atoms with Gasteiger partial charge < -0.3 is 14.6 Å². The lowest BCUT2D eigenvalue weighted by molar-refractivity contribution is 0.0726. The van der Waals surface area contributed by atoms with E-state index < -0.39 is 0 Å². The van der Waals surface area contributed by atoms with Crippen molar-refractivity contribution in [1.82, 2.24) is 24.8 Å². The van der Waals surface area contributed by atoms with E-state index in [1.807, 2.05) is 25.1 Å². The van der Waals surface area contributed by atoms with Crippen LogP contribution in [0.3, 0.4) is 0 Å². The van der Waals surface area contributed by atoms with Gasteiger partial charge in [-0.3, -0.25) is 9.78 Å². The maximum atomic E-state index is 12.9. The topological polar surface area (TPSA) is 97.0 Å². The first-order valence-electron chi connectivity index (χ1n) is 8.86. The van der Waals surface area contributed by atoms with E-state index in [0.29, 0.717) is 29.6 Å². The van der Waals surface area contributed by atoms with Crippen molar-refractivity contribution in [1.29, 1.82) is 0 Å². The smallest absolute Gasteiger partial charge is 0.276 e. The Labute approximate surface area is 156 Å². The molecule has 4 heterocycles. The lowest BCUT2D eigenvalue weighted by Gasteiger charge is -2.25. The summed E-state index contributed by atoms with van der Waals surface area (Å²) in [5, 5.41) is 3.24. The van der Waals surface area contributed by atoms with Gasteiger partial charge in [0.05, 0.1) is 6.04 Å². The molecule has 1 aliphatic rings. The lowest BCUT2D eigenvalue weighted by Crippen LogP contribution is -2.32. The van der Waals surface area contributed by atoms with Gasteiger partial charge in [0.25, 0.3) is 5.91 Å². The molecule has 0 aliphatic carbocycles. The quantitative estimate of drug-likeness (QED) is 0.759. The lowest BCUT2D eigenvalue weighted by atomic mass is 10.1. The van der Waals surface area contributed by atoms with Crippen molar-refractivity contribution in [2.24, 2.45) is 0 Å². The first-order chi connectivity index (χ1) is 13.1. The molecule has 3 aromatic rings. The minimum atomic E-state index is -0.172. The maximum Gasteiger partial charge on any atom is 0.276 e. The van der Waals surface area contributed by atoms with Crippen LogP contribution >= 0.6 is 0 Å². The van der Waals surface area contributed by atoms with Gasteiger partial charge in [-0.15, -0.1) is 0 Å². The first-order valence-corrected chi connectivity index (χ1v) is 8.86. The highest BCUT2D eigenvalue weighted by atomic mass is 16.3. The van der Waals surface area contributed by atoms with Crippen LogP contribution in [0.25, 0.3) is 0 Å². The van der Waals surface area contributed by atoms with Crippen molar-refractivity contribution in [3.8, 4) is 0 Å². The number of hydrogen-bond acceptors (Lipinski definition) is 7. The van der Waals surface area contributed by atoms with Crippen molar-refractivity contribution in [2.45, 2.75) is 32.7 Å². The highest BCUT2D eigenvalue weighted by molar-refractivity contribution is 5.93. The molecule has 4 rings (SSSR count). The molecule has 138 valence electrons. The zero-order chi connectivity index (χ0) is 18.8. The molecule has 1 fully saturated rings. The Kier molecular flexibility index (Phi) is 4.53. The molecular formula is C19H20N6O2. The molecule has 8 nitrogen and oxygen atoms in total. The monoisotopic (exact) mass is 364 g/mol. The fourth-order valence-electron chi connectivity index (χ4n) is 3.36. The normalized spacial score (nSPS) is 16.5. The van der Waals surface area contributed by atoms with Crippen molar-refractivity contribution < 1.29 is 9.21 Å². The Hall–Kier alpha value is -3.29. The van der Waals surface area contributed by atoms with E-state index >= 15 is 0 Å². The van der Waals surface area contributed by atoms with Gasteiger partial charge in [0.1, 0.15) is 17.3 Å². The SMILES string of the molecule is Cc1cccc(Nc2nccnc2C2CCCN2C(=O)c2ncoc2C)n1. The highest BCUT2D eigenvalue weighted by Crippen LogP contribution is 2.35. The van der Waals surface area contributed by atoms with Crippen molar-refractivity contribution >= 4 is 17.5 Å². The van der Waals surface area contributed by atoms with Gasteiger partial charge >= 0.3 is 0 Å². The first kappa shape index (κ1) is 17.1. The Morgan fingerprint density at radius 3 is 2.85 bits per heavy atom. The molecule has 0 radical (unpaired) electrons. The van der Waals surface area contributed by atoms with Crippen LogP contribution in [0.5, 0.6) is 0 Å². The van der Waals surface area contributed by atoms with E-state index in [2.05, 4.69) is 25.3 Å². The summed E-state index contributed by atoms with van der Waals surface area (Å²) in [6.07, 6.45) is 6.28. The second kappa shape index (κ2) is 7.14. The van der Waals surface area contributed by atoms with Gasteiger partial charge in [0, 0.05) is 24.6 Å². The summed E-state index contributed by atoms with van der Waals surface area (Å²) in [4.78, 5) is 32.2. The predicted octanol–water partition coefficient (Wildman–Crippen LogP) is 3.20. The number of oxazole rings is 1. The molecule has 0 aromatic carbocycles. The number of likely N-dealkylation sites (tertiary alicyclic amines) is 1. The van der Waals surface area contributed by atoms with Crippen LogP contribution in [0.1, 0.15) is 46.5 Å². The summed E-state index contributed by atoms with van der Waals surface area (Å²) in [7, 11) is 0. The van der Waals surface area contributed by atoms with E-state index in [-0.39, 0.29) is 11.9 Å². The Balaban J connectivity index is 1.64. The maximum absolute atomic E-state index is 12.9. The number of nitrogens with one attached hydrogen (secondary N) is 1. The average Bonchev–Trinajstić information content (AvgIpc) is 3.31. The Bertz CT molecular complexity index is 970. The van der Waals surface area contributed by atoms with Crippen LogP contribution in [0.15, 0.2) is 41.4 Å². The zero-order valence-corrected chi connectivity index (χ0v) is 15.2. The van der Waals surface area contributed by atoms with E-state index in [0.717, 1.165) is 24.2 Å². The van der Waals surface area contributed by atoms with Crippen LogP contribution in [0.2, 0.25) is 0 Å². The average molecular weight is 364 g/mol. The van der Waals surface area contributed by atoms with Crippen LogP contribution < -0.4 is 5.32 Å². The molecule has 8 heteroatoms. The van der Waals surface area contributed by atoms with Gasteiger partial charge in [-0.05, 0) is 38.8 Å². The summed E-state index contributed by atoms with van der Waals surface area (Å²) >= 11 is 0. The van der Waals surface area contributed by atoms with E-state index in [1.54, 1.807) is 24.2 Å². The number of nitrogens with zero attached hydrogens (tertiary/aromatic N) is 5. The summed E-state index contributed by atoms with van der Waals surface area (Å²) in [6, 6.07) is 5.57. The molecule has 1 atom stereocenters. The van der Waals surface area contributed by atoms with E-state index in [1.165, 1.54) is 6.39 Å². The fraction of sp³-hybridized carbons (Fsp3) is 0.316. The van der Waals surface area contributed by atoms with E-state index in [9.17, 15) is 4.79 Å². The van der Waals surface area contributed by atoms with Gasteiger partial charge in [0.2, 0.25) is 0 Å². The Morgan fingerprint density at radius 1 is 1.22 bits per heavy atom. The largest absolute Gasteiger partial charge is 0.448 e. The molecule has 0 bridgehead atoms. The molecule has 27 heavy (non-hydrogen) atoms. The highest BCUT2D eigenvalue weighted by Gasteiger charge is 2.35. The molecule has 0 saturated carbocycles. The molecule has 1 saturated heterocycles. The molecule has 1 amide bonds. The number of carbonyl (C=O) groups excluding carboxylic acids is 1. The molecular weight excluding hydrogens is 344 g/mol. The molecule has 1 N–H and O–H groups in total. The minimum absolute atomic E-state index is 0.144. The van der Waals surface area contributed by atoms with E-state index in [4.69, 9.17) is 4.42 Å². The number of amides is 1. The van der Waals surface area contributed by atoms with Crippen molar-refractivity contribution in [3.05, 3.63) is 59.8 Å². The number of carbonyl (C=O) groups is 1. The van der Waals surface area contributed by atoms with Gasteiger partial charge in [-0.2, -0.15) is 0 Å². The van der Waals surface area contributed by atoms with Crippen LogP contribution in [0, 0.1) is 13.8 Å². The number of pyridine rings is 1. The number of aromatic nitrogens is 4. The third-order valence-corrected chi connectivity index (χ3v) is 4.64. The summed E-state index contributed by atoms with van der Waals surface area (Å²) < 4.78 is 5.19. The second-order valence-electron chi connectivity index (χ2n) is 6.49. The third-order valence-electron chi connectivity index (χ3n) is 4.64. The molecule has 1 aliphatic heterocycles. The van der Waals surface area contributed by atoms with Crippen LogP contribution in [0.4, 0.5) is 11.6 Å². The number of hydrogen-bond donors (Lipinski definition) is 1. The van der Waals surface area contributed by atoms with Crippen LogP contribution in [-0.2, 0) is 0 Å². The third kappa shape index (κ3) is 3.38. The molecule has 3 aromatic heterocycles. The predicted molar refractivity (Wildman–Crippen MR) is 98.5 cm³/mol. The van der Waals surface area contributed by atoms with Crippen molar-refractivity contribution in [2.75, 3.05) is 11.9 Å². The fourth-order valence-corrected chi connectivity index (χ4v) is 3.36. The number of aryl methyl sites for hydroxylation is 2. The molecule has 0 spiro atoms. The summed E-state index contributed by atoms with van der Waals surface area (Å²) in [5.41, 5.74) is 1.98. The Morgan fingerprint density at radius 2 is 2.07 bits per heavy atom. The van der Waals surface area contributed by atoms with Gasteiger partial charge in [0.15, 0.2) is 17.9 Å². The van der Waals surface area contributed by atoms with Crippen molar-refractivity contribution in [3.63, 3.8) is 0 Å². The standard InChI is InChI=1S/C19H20N6O2/c1-12-5-3-7-15(23-12)24-18-17(20-8-9-21-18)14-6-4-10-25(14)19(26)16-13(2)27-11-22-16/h3,5,7-9,11,14H,4,6,10H2,1-2H3,(H,21,23,24). The number of rotatable bonds is 4. The summed E-state index contributed by atoms with van der Waals surface area (Å²) in [6.45, 7) is 4.32. The number of anilines is 2. The van der Waals surface area contributed by atoms with Crippen LogP contribution in [-0.4, -0.2) is 37.3 Å². The van der Waals surface area contributed by atoms with Gasteiger partial charge in [-0.1, -0.05) is 6.07 Å². The zero-order valence-electron chi connectivity index (χ0n) is 15.2. The summed E-state index contributed by atoms with van der Waals surface area (Å²) in [5.74, 6) is 1.68. The second-order valence-corrected chi connectivity index (χ2v) is 6.49.